The summed E-state index contributed by atoms with van der Waals surface area (Å²) in [6.07, 6.45) is 5.85. The predicted octanol–water partition coefficient (Wildman–Crippen LogP) is 1.96. The number of imidazole rings is 1. The number of hydrogen-bond acceptors (Lipinski definition) is 5. The molecule has 0 radical (unpaired) electrons. The summed E-state index contributed by atoms with van der Waals surface area (Å²) in [6, 6.07) is 1.80. The third-order valence-electron chi connectivity index (χ3n) is 4.47. The summed E-state index contributed by atoms with van der Waals surface area (Å²) in [5.74, 6) is 2.99. The molecule has 0 atom stereocenters. The van der Waals surface area contributed by atoms with Crippen molar-refractivity contribution in [2.24, 2.45) is 5.92 Å². The lowest BCUT2D eigenvalue weighted by molar-refractivity contribution is -0.122. The molecule has 142 valence electrons. The molecule has 3 N–H and O–H groups in total. The van der Waals surface area contributed by atoms with Crippen LogP contribution in [0, 0.1) is 19.8 Å². The Morgan fingerprint density at radius 2 is 2.15 bits per heavy atom. The largest absolute Gasteiger partial charge is 0.483 e. The van der Waals surface area contributed by atoms with Crippen LogP contribution in [0.5, 0.6) is 0 Å². The topological polar surface area (TPSA) is 111 Å². The first kappa shape index (κ1) is 19.7. The van der Waals surface area contributed by atoms with Crippen LogP contribution in [-0.4, -0.2) is 52.0 Å². The summed E-state index contributed by atoms with van der Waals surface area (Å²) in [5, 5.41) is 9.94. The number of nitrogens with zero attached hydrogens (tertiary/aromatic N) is 2. The lowest BCUT2D eigenvalue weighted by Crippen LogP contribution is -2.38. The first-order valence-corrected chi connectivity index (χ1v) is 8.67. The molecule has 1 amide bonds. The summed E-state index contributed by atoms with van der Waals surface area (Å²) >= 11 is 0. The van der Waals surface area contributed by atoms with Gasteiger partial charge in [0.1, 0.15) is 17.3 Å². The Labute approximate surface area is 152 Å². The van der Waals surface area contributed by atoms with Crippen LogP contribution in [-0.2, 0) is 11.3 Å². The van der Waals surface area contributed by atoms with Crippen molar-refractivity contribution in [1.82, 2.24) is 20.2 Å². The van der Waals surface area contributed by atoms with E-state index in [4.69, 9.17) is 14.3 Å². The number of carbonyl (C=O) groups excluding carboxylic acids is 1. The third-order valence-corrected chi connectivity index (χ3v) is 4.47. The molecule has 0 saturated carbocycles. The van der Waals surface area contributed by atoms with E-state index in [9.17, 15) is 4.79 Å². The summed E-state index contributed by atoms with van der Waals surface area (Å²) in [4.78, 5) is 30.4. The van der Waals surface area contributed by atoms with Crippen LogP contribution in [0.4, 0.5) is 0 Å². The molecular formula is C18H26N4O4. The van der Waals surface area contributed by atoms with Crippen molar-refractivity contribution in [1.29, 1.82) is 0 Å². The molecule has 0 spiro atoms. The number of aromatic nitrogens is 2. The Balaban J connectivity index is 0.000000758. The van der Waals surface area contributed by atoms with E-state index in [0.29, 0.717) is 17.2 Å². The van der Waals surface area contributed by atoms with E-state index in [1.165, 1.54) is 0 Å². The second-order valence-corrected chi connectivity index (χ2v) is 6.40. The average Bonchev–Trinajstić information content (AvgIpc) is 3.24. The van der Waals surface area contributed by atoms with Crippen molar-refractivity contribution in [3.05, 3.63) is 41.4 Å². The zero-order chi connectivity index (χ0) is 18.9. The van der Waals surface area contributed by atoms with Gasteiger partial charge in [-0.1, -0.05) is 0 Å². The molecule has 8 nitrogen and oxygen atoms in total. The van der Waals surface area contributed by atoms with Gasteiger partial charge in [0, 0.05) is 18.9 Å². The third kappa shape index (κ3) is 5.73. The van der Waals surface area contributed by atoms with Gasteiger partial charge in [-0.3, -0.25) is 14.5 Å². The molecule has 2 aromatic heterocycles. The molecule has 1 fully saturated rings. The van der Waals surface area contributed by atoms with E-state index in [1.54, 1.807) is 12.3 Å². The van der Waals surface area contributed by atoms with E-state index >= 15 is 0 Å². The van der Waals surface area contributed by atoms with Crippen molar-refractivity contribution in [3.63, 3.8) is 0 Å². The number of carboxylic acid groups (broad SMARTS) is 1. The molecule has 3 rings (SSSR count). The van der Waals surface area contributed by atoms with Gasteiger partial charge in [0.2, 0.25) is 0 Å². The fraction of sp³-hybridized carbons (Fsp3) is 0.500. The van der Waals surface area contributed by atoms with Crippen LogP contribution < -0.4 is 5.32 Å². The van der Waals surface area contributed by atoms with Crippen molar-refractivity contribution in [3.8, 4) is 0 Å². The fourth-order valence-corrected chi connectivity index (χ4v) is 3.13. The number of aromatic amines is 1. The lowest BCUT2D eigenvalue weighted by atomic mass is 9.96. The molecule has 1 aliphatic heterocycles. The van der Waals surface area contributed by atoms with E-state index in [2.05, 4.69) is 20.2 Å². The molecule has 3 heterocycles. The number of amides is 1. The van der Waals surface area contributed by atoms with E-state index in [0.717, 1.165) is 50.6 Å². The highest BCUT2D eigenvalue weighted by atomic mass is 16.3. The maximum Gasteiger partial charge on any atom is 0.290 e. The molecule has 1 aliphatic rings. The van der Waals surface area contributed by atoms with Gasteiger partial charge in [-0.25, -0.2) is 4.98 Å². The monoisotopic (exact) mass is 362 g/mol. The van der Waals surface area contributed by atoms with Crippen LogP contribution in [0.25, 0.3) is 0 Å². The van der Waals surface area contributed by atoms with Crippen molar-refractivity contribution in [2.75, 3.05) is 19.6 Å². The molecule has 0 aromatic carbocycles. The predicted molar refractivity (Wildman–Crippen MR) is 95.8 cm³/mol. The van der Waals surface area contributed by atoms with E-state index in [-0.39, 0.29) is 12.4 Å². The number of furan rings is 1. The summed E-state index contributed by atoms with van der Waals surface area (Å²) < 4.78 is 5.42. The minimum atomic E-state index is -0.250. The zero-order valence-corrected chi connectivity index (χ0v) is 15.2. The number of H-pyrrole nitrogens is 1. The van der Waals surface area contributed by atoms with Gasteiger partial charge in [0.25, 0.3) is 12.4 Å². The Morgan fingerprint density at radius 1 is 1.46 bits per heavy atom. The highest BCUT2D eigenvalue weighted by molar-refractivity contribution is 5.95. The minimum Gasteiger partial charge on any atom is -0.483 e. The summed E-state index contributed by atoms with van der Waals surface area (Å²) in [6.45, 7) is 7.14. The van der Waals surface area contributed by atoms with Gasteiger partial charge in [0.05, 0.1) is 12.1 Å². The maximum atomic E-state index is 12.2. The normalized spacial score (nSPS) is 15.2. The molecule has 8 heteroatoms. The van der Waals surface area contributed by atoms with Gasteiger partial charge < -0.3 is 19.8 Å². The second-order valence-electron chi connectivity index (χ2n) is 6.40. The van der Waals surface area contributed by atoms with Crippen molar-refractivity contribution >= 4 is 12.4 Å². The van der Waals surface area contributed by atoms with Crippen LogP contribution in [0.1, 0.15) is 40.5 Å². The standard InChI is InChI=1S/C17H24N4O2.CH2O2/c1-12-9-15(13(2)23-12)17(22)20-10-14-3-7-21(8-4-14)11-16-18-5-6-19-16;2-1-3/h5-6,9,14H,3-4,7-8,10-11H2,1-2H3,(H,18,19)(H,20,22);1H,(H,2,3). The molecule has 2 aromatic rings. The fourth-order valence-electron chi connectivity index (χ4n) is 3.13. The Morgan fingerprint density at radius 3 is 2.69 bits per heavy atom. The Hall–Kier alpha value is -2.61. The lowest BCUT2D eigenvalue weighted by Gasteiger charge is -2.31. The minimum absolute atomic E-state index is 0.0302. The smallest absolute Gasteiger partial charge is 0.290 e. The number of rotatable bonds is 5. The number of piperidine rings is 1. The quantitative estimate of drug-likeness (QED) is 0.701. The molecule has 0 unspecified atom stereocenters. The van der Waals surface area contributed by atoms with Crippen LogP contribution in [0.3, 0.4) is 0 Å². The number of nitrogens with one attached hydrogen (secondary N) is 2. The van der Waals surface area contributed by atoms with Crippen LogP contribution in [0.15, 0.2) is 22.9 Å². The van der Waals surface area contributed by atoms with Gasteiger partial charge in [-0.05, 0) is 51.8 Å². The molecule has 0 aliphatic carbocycles. The number of hydrogen-bond donors (Lipinski definition) is 3. The van der Waals surface area contributed by atoms with E-state index in [1.807, 2.05) is 20.0 Å². The second kappa shape index (κ2) is 9.76. The Bertz CT molecular complexity index is 688. The van der Waals surface area contributed by atoms with Gasteiger partial charge in [-0.15, -0.1) is 0 Å². The average molecular weight is 362 g/mol. The van der Waals surface area contributed by atoms with Crippen molar-refractivity contribution in [2.45, 2.75) is 33.2 Å². The summed E-state index contributed by atoms with van der Waals surface area (Å²) in [7, 11) is 0. The highest BCUT2D eigenvalue weighted by Crippen LogP contribution is 2.18. The highest BCUT2D eigenvalue weighted by Gasteiger charge is 2.21. The number of aryl methyl sites for hydroxylation is 2. The number of carbonyl (C=O) groups is 2. The van der Waals surface area contributed by atoms with Gasteiger partial charge >= 0.3 is 0 Å². The van der Waals surface area contributed by atoms with Gasteiger partial charge in [0.15, 0.2) is 0 Å². The van der Waals surface area contributed by atoms with Gasteiger partial charge in [-0.2, -0.15) is 0 Å². The Kier molecular flexibility index (Phi) is 7.40. The molecule has 0 bridgehead atoms. The summed E-state index contributed by atoms with van der Waals surface area (Å²) in [5.41, 5.74) is 0.651. The molecular weight excluding hydrogens is 336 g/mol. The number of likely N-dealkylation sites (tertiary alicyclic amines) is 1. The maximum absolute atomic E-state index is 12.2. The van der Waals surface area contributed by atoms with Crippen molar-refractivity contribution < 1.29 is 19.1 Å². The van der Waals surface area contributed by atoms with Crippen LogP contribution >= 0.6 is 0 Å². The molecule has 26 heavy (non-hydrogen) atoms. The van der Waals surface area contributed by atoms with Crippen LogP contribution in [0.2, 0.25) is 0 Å². The van der Waals surface area contributed by atoms with E-state index < -0.39 is 0 Å². The first-order valence-electron chi connectivity index (χ1n) is 8.67. The SMILES string of the molecule is Cc1cc(C(=O)NCC2CCN(Cc3ncc[nH]3)CC2)c(C)o1.O=CO. The zero-order valence-electron chi connectivity index (χ0n) is 15.2. The first-order chi connectivity index (χ1) is 12.5. The molecule has 1 saturated heterocycles.